The van der Waals surface area contributed by atoms with Crippen LogP contribution >= 0.6 is 11.8 Å². The summed E-state index contributed by atoms with van der Waals surface area (Å²) in [6, 6.07) is 24.8. The third-order valence-corrected chi connectivity index (χ3v) is 5.36. The lowest BCUT2D eigenvalue weighted by molar-refractivity contribution is -0.112. The number of thioether (sulfide) groups is 1. The molecule has 3 aromatic carbocycles. The van der Waals surface area contributed by atoms with E-state index in [1.807, 2.05) is 66.7 Å². The van der Waals surface area contributed by atoms with Gasteiger partial charge in [-0.05, 0) is 42.0 Å². The first-order valence-electron chi connectivity index (χ1n) is 8.74. The van der Waals surface area contributed by atoms with Gasteiger partial charge in [-0.2, -0.15) is 5.26 Å². The lowest BCUT2D eigenvalue weighted by Gasteiger charge is -2.18. The first-order chi connectivity index (χ1) is 13.7. The fraction of sp³-hybridized carbons (Fsp3) is 0.0435. The maximum atomic E-state index is 12.4. The Labute approximate surface area is 167 Å². The molecule has 1 aliphatic rings. The van der Waals surface area contributed by atoms with Crippen molar-refractivity contribution >= 4 is 29.4 Å². The smallest absolute Gasteiger partial charge is 0.262 e. The molecule has 0 aliphatic carbocycles. The number of hydrogen-bond acceptors (Lipinski definition) is 4. The molecule has 0 radical (unpaired) electrons. The Morgan fingerprint density at radius 2 is 1.75 bits per heavy atom. The number of anilines is 1. The quantitative estimate of drug-likeness (QED) is 0.626. The number of amides is 1. The molecule has 4 rings (SSSR count). The van der Waals surface area contributed by atoms with Crippen molar-refractivity contribution in [1.82, 2.24) is 0 Å². The van der Waals surface area contributed by atoms with Crippen LogP contribution in [0.15, 0.2) is 82.6 Å². The van der Waals surface area contributed by atoms with Gasteiger partial charge >= 0.3 is 0 Å². The number of para-hydroxylation sites is 2. The van der Waals surface area contributed by atoms with E-state index in [4.69, 9.17) is 10.00 Å². The molecule has 5 heteroatoms. The highest BCUT2D eigenvalue weighted by atomic mass is 32.2. The number of rotatable bonds is 4. The Kier molecular flexibility index (Phi) is 5.14. The fourth-order valence-corrected chi connectivity index (χ4v) is 3.75. The molecule has 1 heterocycles. The average molecular weight is 384 g/mol. The molecule has 28 heavy (non-hydrogen) atoms. The van der Waals surface area contributed by atoms with Gasteiger partial charge in [0, 0.05) is 10.5 Å². The molecule has 1 amide bonds. The summed E-state index contributed by atoms with van der Waals surface area (Å²) in [7, 11) is 0. The minimum absolute atomic E-state index is 0.120. The Balaban J connectivity index is 1.55. The maximum Gasteiger partial charge on any atom is 0.262 e. The van der Waals surface area contributed by atoms with E-state index in [0.29, 0.717) is 22.8 Å². The number of nitrogens with zero attached hydrogens (tertiary/aromatic N) is 1. The summed E-state index contributed by atoms with van der Waals surface area (Å²) < 4.78 is 5.97. The zero-order valence-corrected chi connectivity index (χ0v) is 15.7. The highest BCUT2D eigenvalue weighted by Crippen LogP contribution is 2.39. The molecule has 0 bridgehead atoms. The monoisotopic (exact) mass is 384 g/mol. The molecule has 0 unspecified atom stereocenters. The van der Waals surface area contributed by atoms with Gasteiger partial charge in [-0.15, -0.1) is 0 Å². The number of hydrogen-bond donors (Lipinski definition) is 1. The number of nitrogens with one attached hydrogen (secondary N) is 1. The summed E-state index contributed by atoms with van der Waals surface area (Å²) in [6.07, 6.45) is 1.85. The van der Waals surface area contributed by atoms with Crippen LogP contribution < -0.4 is 10.1 Å². The first kappa shape index (κ1) is 17.9. The van der Waals surface area contributed by atoms with Crippen molar-refractivity contribution in [3.63, 3.8) is 0 Å². The van der Waals surface area contributed by atoms with Crippen molar-refractivity contribution < 1.29 is 9.53 Å². The molecule has 0 atom stereocenters. The highest BCUT2D eigenvalue weighted by molar-refractivity contribution is 8.04. The van der Waals surface area contributed by atoms with E-state index in [0.717, 1.165) is 21.7 Å². The van der Waals surface area contributed by atoms with Crippen molar-refractivity contribution in [2.24, 2.45) is 0 Å². The van der Waals surface area contributed by atoms with Gasteiger partial charge in [0.1, 0.15) is 12.4 Å². The van der Waals surface area contributed by atoms with Gasteiger partial charge in [-0.1, -0.05) is 54.2 Å². The zero-order chi connectivity index (χ0) is 19.3. The molecule has 0 saturated heterocycles. The minimum Gasteiger partial charge on any atom is -0.488 e. The summed E-state index contributed by atoms with van der Waals surface area (Å²) in [5.41, 5.74) is 3.27. The Morgan fingerprint density at radius 1 is 1.00 bits per heavy atom. The van der Waals surface area contributed by atoms with Gasteiger partial charge in [-0.25, -0.2) is 0 Å². The van der Waals surface area contributed by atoms with Crippen LogP contribution in [0.5, 0.6) is 5.75 Å². The molecule has 0 fully saturated rings. The fourth-order valence-electron chi connectivity index (χ4n) is 2.81. The van der Waals surface area contributed by atoms with Crippen LogP contribution in [0.25, 0.3) is 6.08 Å². The summed E-state index contributed by atoms with van der Waals surface area (Å²) in [6.45, 7) is 0.383. The van der Waals surface area contributed by atoms with Gasteiger partial charge in [-0.3, -0.25) is 4.79 Å². The third kappa shape index (κ3) is 3.93. The van der Waals surface area contributed by atoms with Crippen LogP contribution in [-0.2, 0) is 11.4 Å². The number of carbonyl (C=O) groups excluding carboxylic acids is 1. The van der Waals surface area contributed by atoms with E-state index in [1.54, 1.807) is 12.1 Å². The zero-order valence-electron chi connectivity index (χ0n) is 14.9. The van der Waals surface area contributed by atoms with Gasteiger partial charge < -0.3 is 10.1 Å². The lowest BCUT2D eigenvalue weighted by Crippen LogP contribution is -2.17. The van der Waals surface area contributed by atoms with Crippen LogP contribution in [-0.4, -0.2) is 5.91 Å². The second-order valence-electron chi connectivity index (χ2n) is 6.20. The van der Waals surface area contributed by atoms with Crippen LogP contribution in [0.4, 0.5) is 5.69 Å². The normalized spacial score (nSPS) is 14.1. The van der Waals surface area contributed by atoms with Crippen LogP contribution in [0.3, 0.4) is 0 Å². The molecule has 4 nitrogen and oxygen atoms in total. The number of ether oxygens (including phenoxy) is 1. The predicted octanol–water partition coefficient (Wildman–Crippen LogP) is 5.22. The molecule has 0 aromatic heterocycles. The summed E-state index contributed by atoms with van der Waals surface area (Å²) in [4.78, 5) is 14.1. The average Bonchev–Trinajstić information content (AvgIpc) is 2.74. The third-order valence-electron chi connectivity index (χ3n) is 4.26. The molecule has 136 valence electrons. The molecule has 1 aliphatic heterocycles. The Hall–Kier alpha value is -3.49. The number of benzene rings is 3. The van der Waals surface area contributed by atoms with Crippen molar-refractivity contribution in [1.29, 1.82) is 5.26 Å². The second kappa shape index (κ2) is 8.03. The Morgan fingerprint density at radius 3 is 2.57 bits per heavy atom. The SMILES string of the molecule is N#Cc1ccc(COc2ccccc2/C=C2\Sc3ccccc3NC2=O)cc1. The van der Waals surface area contributed by atoms with Crippen molar-refractivity contribution in [3.05, 3.63) is 94.4 Å². The first-order valence-corrected chi connectivity index (χ1v) is 9.55. The number of nitriles is 1. The van der Waals surface area contributed by atoms with Crippen LogP contribution in [0.1, 0.15) is 16.7 Å². The minimum atomic E-state index is -0.120. The van der Waals surface area contributed by atoms with Gasteiger partial charge in [0.05, 0.1) is 22.2 Å². The van der Waals surface area contributed by atoms with E-state index in [-0.39, 0.29) is 5.91 Å². The molecular formula is C23H16N2O2S. The van der Waals surface area contributed by atoms with Gasteiger partial charge in [0.25, 0.3) is 5.91 Å². The number of fused-ring (bicyclic) bond motifs is 1. The van der Waals surface area contributed by atoms with Gasteiger partial charge in [0.2, 0.25) is 0 Å². The highest BCUT2D eigenvalue weighted by Gasteiger charge is 2.20. The second-order valence-corrected chi connectivity index (χ2v) is 7.28. The molecule has 0 spiro atoms. The van der Waals surface area contributed by atoms with Gasteiger partial charge in [0.15, 0.2) is 0 Å². The molecule has 3 aromatic rings. The topological polar surface area (TPSA) is 62.1 Å². The van der Waals surface area contributed by atoms with Crippen LogP contribution in [0, 0.1) is 11.3 Å². The van der Waals surface area contributed by atoms with E-state index >= 15 is 0 Å². The van der Waals surface area contributed by atoms with E-state index in [9.17, 15) is 4.79 Å². The van der Waals surface area contributed by atoms with Crippen molar-refractivity contribution in [2.75, 3.05) is 5.32 Å². The van der Waals surface area contributed by atoms with E-state index in [2.05, 4.69) is 11.4 Å². The summed E-state index contributed by atoms with van der Waals surface area (Å²) in [5, 5.41) is 11.8. The molecule has 0 saturated carbocycles. The number of carbonyl (C=O) groups is 1. The van der Waals surface area contributed by atoms with Crippen LogP contribution in [0.2, 0.25) is 0 Å². The predicted molar refractivity (Wildman–Crippen MR) is 111 cm³/mol. The summed E-state index contributed by atoms with van der Waals surface area (Å²) in [5.74, 6) is 0.581. The lowest BCUT2D eigenvalue weighted by atomic mass is 10.1. The van der Waals surface area contributed by atoms with E-state index < -0.39 is 0 Å². The van der Waals surface area contributed by atoms with Crippen molar-refractivity contribution in [3.8, 4) is 11.8 Å². The van der Waals surface area contributed by atoms with E-state index in [1.165, 1.54) is 11.8 Å². The standard InChI is InChI=1S/C23H16N2O2S/c24-14-16-9-11-17(12-10-16)15-27-20-7-3-1-5-18(20)13-22-23(26)25-19-6-2-4-8-21(19)28-22/h1-13H,15H2,(H,25,26)/b22-13-. The largest absolute Gasteiger partial charge is 0.488 e. The molecular weight excluding hydrogens is 368 g/mol. The van der Waals surface area contributed by atoms with Crippen molar-refractivity contribution in [2.45, 2.75) is 11.5 Å². The summed E-state index contributed by atoms with van der Waals surface area (Å²) >= 11 is 1.45. The molecule has 1 N–H and O–H groups in total. The maximum absolute atomic E-state index is 12.4. The Bertz CT molecular complexity index is 1100.